The number of ether oxygens (including phenoxy) is 3. The highest BCUT2D eigenvalue weighted by molar-refractivity contribution is 5.93. The number of carbonyl (C=O) groups excluding carboxylic acids is 3. The van der Waals surface area contributed by atoms with Crippen molar-refractivity contribution in [1.82, 2.24) is 0 Å². The summed E-state index contributed by atoms with van der Waals surface area (Å²) in [5, 5.41) is 0. The summed E-state index contributed by atoms with van der Waals surface area (Å²) in [5.41, 5.74) is 5.86. The van der Waals surface area contributed by atoms with E-state index in [1.165, 1.54) is 6.07 Å². The zero-order chi connectivity index (χ0) is 31.1. The Balaban J connectivity index is 1.34. The molecule has 218 valence electrons. The topological polar surface area (TPSA) is 78.9 Å². The van der Waals surface area contributed by atoms with Gasteiger partial charge in [-0.05, 0) is 92.6 Å². The highest BCUT2D eigenvalue weighted by Gasteiger charge is 2.14. The van der Waals surface area contributed by atoms with Crippen molar-refractivity contribution >= 4 is 30.1 Å². The first-order valence-corrected chi connectivity index (χ1v) is 14.0. The van der Waals surface area contributed by atoms with Crippen molar-refractivity contribution in [3.63, 3.8) is 0 Å². The Morgan fingerprint density at radius 3 is 1.14 bits per heavy atom. The first-order valence-electron chi connectivity index (χ1n) is 14.0. The molecule has 0 spiro atoms. The fourth-order valence-corrected chi connectivity index (χ4v) is 4.21. The number of aryl methyl sites for hydroxylation is 3. The van der Waals surface area contributed by atoms with Gasteiger partial charge in [0.25, 0.3) is 0 Å². The van der Waals surface area contributed by atoms with Crippen LogP contribution < -0.4 is 14.2 Å². The molecule has 0 aliphatic heterocycles. The van der Waals surface area contributed by atoms with Gasteiger partial charge in [0.15, 0.2) is 0 Å². The summed E-state index contributed by atoms with van der Waals surface area (Å²) in [6.07, 6.45) is 3.65. The molecule has 0 fully saturated rings. The Hall–Kier alpha value is -5.75. The Bertz CT molecular complexity index is 1740. The number of hydrogen-bond donors (Lipinski definition) is 0. The molecule has 0 N–H and O–H groups in total. The maximum absolute atomic E-state index is 12.8. The van der Waals surface area contributed by atoms with E-state index in [9.17, 15) is 14.4 Å². The summed E-state index contributed by atoms with van der Waals surface area (Å²) >= 11 is 0. The van der Waals surface area contributed by atoms with E-state index >= 15 is 0 Å². The van der Waals surface area contributed by atoms with Gasteiger partial charge in [-0.3, -0.25) is 0 Å². The molecule has 0 aliphatic rings. The quantitative estimate of drug-likeness (QED) is 0.104. The molecule has 0 saturated heterocycles. The third-order valence-corrected chi connectivity index (χ3v) is 6.74. The molecule has 0 heterocycles. The molecule has 5 aromatic carbocycles. The second-order valence-electron chi connectivity index (χ2n) is 10.4. The summed E-state index contributed by atoms with van der Waals surface area (Å²) in [6, 6.07) is 33.2. The zero-order valence-corrected chi connectivity index (χ0v) is 24.6. The number of esters is 3. The van der Waals surface area contributed by atoms with Crippen LogP contribution in [0, 0.1) is 20.8 Å². The predicted molar refractivity (Wildman–Crippen MR) is 170 cm³/mol. The van der Waals surface area contributed by atoms with Gasteiger partial charge in [-0.15, -0.1) is 0 Å². The van der Waals surface area contributed by atoms with Crippen molar-refractivity contribution in [3.8, 4) is 17.2 Å². The highest BCUT2D eigenvalue weighted by atomic mass is 16.5. The van der Waals surface area contributed by atoms with Crippen molar-refractivity contribution in [2.45, 2.75) is 20.8 Å². The van der Waals surface area contributed by atoms with E-state index in [-0.39, 0.29) is 11.5 Å². The number of benzene rings is 5. The molecule has 5 aromatic rings. The number of rotatable bonds is 8. The van der Waals surface area contributed by atoms with Crippen LogP contribution in [0.2, 0.25) is 0 Å². The Morgan fingerprint density at radius 2 is 0.750 bits per heavy atom. The van der Waals surface area contributed by atoms with Crippen LogP contribution in [0.25, 0.3) is 12.2 Å². The van der Waals surface area contributed by atoms with Crippen LogP contribution in [0.3, 0.4) is 0 Å². The number of hydrogen-bond acceptors (Lipinski definition) is 6. The van der Waals surface area contributed by atoms with E-state index in [0.717, 1.165) is 22.3 Å². The predicted octanol–water partition coefficient (Wildman–Crippen LogP) is 8.44. The minimum Gasteiger partial charge on any atom is -0.423 e. The molecular formula is C38H30O6. The van der Waals surface area contributed by atoms with Gasteiger partial charge in [-0.1, -0.05) is 77.4 Å². The smallest absolute Gasteiger partial charge is 0.343 e. The largest absolute Gasteiger partial charge is 0.423 e. The molecule has 5 rings (SSSR count). The van der Waals surface area contributed by atoms with E-state index in [1.54, 1.807) is 66.7 Å². The van der Waals surface area contributed by atoms with Crippen LogP contribution in [-0.2, 0) is 0 Å². The fourth-order valence-electron chi connectivity index (χ4n) is 4.21. The average molecular weight is 583 g/mol. The van der Waals surface area contributed by atoms with E-state index in [4.69, 9.17) is 14.2 Å². The van der Waals surface area contributed by atoms with Gasteiger partial charge in [-0.25, -0.2) is 14.4 Å². The maximum Gasteiger partial charge on any atom is 0.343 e. The lowest BCUT2D eigenvalue weighted by Crippen LogP contribution is -2.10. The van der Waals surface area contributed by atoms with Gasteiger partial charge >= 0.3 is 17.9 Å². The van der Waals surface area contributed by atoms with E-state index in [2.05, 4.69) is 0 Å². The third kappa shape index (κ3) is 7.95. The SMILES string of the molecule is Cc1ccc(C(=O)Oc2ccc(/C=C/c3cc(OC(=O)c4ccc(C)cc4)cc(OC(=O)c4ccc(C)cc4)c3)cc2)cc1. The molecular weight excluding hydrogens is 552 g/mol. The average Bonchev–Trinajstić information content (AvgIpc) is 3.01. The van der Waals surface area contributed by atoms with Gasteiger partial charge in [0, 0.05) is 6.07 Å². The standard InChI is InChI=1S/C38H30O6/c1-25-4-14-30(15-5-25)36(39)42-33-20-12-28(13-21-33)10-11-29-22-34(43-37(40)31-16-6-26(2)7-17-31)24-35(23-29)44-38(41)32-18-8-27(3)9-19-32/h4-24H,1-3H3/b11-10+. The Morgan fingerprint density at radius 1 is 0.409 bits per heavy atom. The normalized spacial score (nSPS) is 10.8. The lowest BCUT2D eigenvalue weighted by molar-refractivity contribution is 0.0720. The van der Waals surface area contributed by atoms with E-state index < -0.39 is 17.9 Å². The summed E-state index contributed by atoms with van der Waals surface area (Å²) in [5.74, 6) is -0.623. The van der Waals surface area contributed by atoms with Gasteiger partial charge < -0.3 is 14.2 Å². The van der Waals surface area contributed by atoms with Crippen molar-refractivity contribution in [2.24, 2.45) is 0 Å². The molecule has 0 aliphatic carbocycles. The van der Waals surface area contributed by atoms with Crippen LogP contribution in [0.15, 0.2) is 115 Å². The first-order chi connectivity index (χ1) is 21.2. The molecule has 0 unspecified atom stereocenters. The second-order valence-corrected chi connectivity index (χ2v) is 10.4. The molecule has 6 nitrogen and oxygen atoms in total. The molecule has 44 heavy (non-hydrogen) atoms. The Kier molecular flexibility index (Phi) is 9.11. The molecule has 6 heteroatoms. The van der Waals surface area contributed by atoms with E-state index in [0.29, 0.717) is 28.0 Å². The number of carbonyl (C=O) groups is 3. The highest BCUT2D eigenvalue weighted by Crippen LogP contribution is 2.27. The van der Waals surface area contributed by atoms with Crippen LogP contribution in [0.5, 0.6) is 17.2 Å². The summed E-state index contributed by atoms with van der Waals surface area (Å²) in [6.45, 7) is 5.82. The maximum atomic E-state index is 12.8. The molecule has 0 aromatic heterocycles. The van der Waals surface area contributed by atoms with Gasteiger partial charge in [0.2, 0.25) is 0 Å². The van der Waals surface area contributed by atoms with Gasteiger partial charge in [-0.2, -0.15) is 0 Å². The van der Waals surface area contributed by atoms with Gasteiger partial charge in [0.1, 0.15) is 17.2 Å². The van der Waals surface area contributed by atoms with Gasteiger partial charge in [0.05, 0.1) is 16.7 Å². The minimum atomic E-state index is -0.530. The summed E-state index contributed by atoms with van der Waals surface area (Å²) in [4.78, 5) is 38.1. The second kappa shape index (κ2) is 13.5. The Labute approximate surface area is 256 Å². The van der Waals surface area contributed by atoms with E-state index in [1.807, 2.05) is 75.4 Å². The summed E-state index contributed by atoms with van der Waals surface area (Å²) in [7, 11) is 0. The van der Waals surface area contributed by atoms with Crippen molar-refractivity contribution < 1.29 is 28.6 Å². The fraction of sp³-hybridized carbons (Fsp3) is 0.0789. The van der Waals surface area contributed by atoms with Crippen LogP contribution in [0.4, 0.5) is 0 Å². The molecule has 0 atom stereocenters. The van der Waals surface area contributed by atoms with Crippen LogP contribution in [0.1, 0.15) is 58.9 Å². The van der Waals surface area contributed by atoms with Crippen molar-refractivity contribution in [1.29, 1.82) is 0 Å². The zero-order valence-electron chi connectivity index (χ0n) is 24.6. The lowest BCUT2D eigenvalue weighted by atomic mass is 10.1. The molecule has 0 amide bonds. The lowest BCUT2D eigenvalue weighted by Gasteiger charge is -2.10. The molecule has 0 bridgehead atoms. The minimum absolute atomic E-state index is 0.225. The monoisotopic (exact) mass is 582 g/mol. The van der Waals surface area contributed by atoms with Crippen molar-refractivity contribution in [2.75, 3.05) is 0 Å². The summed E-state index contributed by atoms with van der Waals surface area (Å²) < 4.78 is 16.8. The van der Waals surface area contributed by atoms with Crippen molar-refractivity contribution in [3.05, 3.63) is 160 Å². The first kappa shape index (κ1) is 29.7. The molecule has 0 saturated carbocycles. The van der Waals surface area contributed by atoms with Crippen LogP contribution >= 0.6 is 0 Å². The third-order valence-electron chi connectivity index (χ3n) is 6.74. The van der Waals surface area contributed by atoms with Crippen LogP contribution in [-0.4, -0.2) is 17.9 Å². The molecule has 0 radical (unpaired) electrons.